The van der Waals surface area contributed by atoms with E-state index in [2.05, 4.69) is 15.5 Å². The lowest BCUT2D eigenvalue weighted by atomic mass is 9.79. The monoisotopic (exact) mass is 343 g/mol. The summed E-state index contributed by atoms with van der Waals surface area (Å²) in [6.07, 6.45) is 4.97. The highest BCUT2D eigenvalue weighted by atomic mass is 16.5. The lowest BCUT2D eigenvalue weighted by Gasteiger charge is -2.43. The van der Waals surface area contributed by atoms with Crippen LogP contribution in [-0.4, -0.2) is 51.8 Å². The van der Waals surface area contributed by atoms with Gasteiger partial charge in [-0.2, -0.15) is 4.68 Å². The van der Waals surface area contributed by atoms with Crippen LogP contribution in [0.25, 0.3) is 5.69 Å². The minimum absolute atomic E-state index is 0.0526. The van der Waals surface area contributed by atoms with Crippen molar-refractivity contribution in [3.8, 4) is 5.69 Å². The van der Waals surface area contributed by atoms with E-state index in [-0.39, 0.29) is 12.5 Å². The number of aryl methyl sites for hydroxylation is 1. The van der Waals surface area contributed by atoms with Gasteiger partial charge in [-0.05, 0) is 47.9 Å². The van der Waals surface area contributed by atoms with Gasteiger partial charge in [-0.25, -0.2) is 0 Å². The van der Waals surface area contributed by atoms with E-state index in [0.717, 1.165) is 42.8 Å². The van der Waals surface area contributed by atoms with Crippen LogP contribution < -0.4 is 0 Å². The molecule has 0 atom stereocenters. The first-order valence-corrected chi connectivity index (χ1v) is 8.70. The molecule has 2 aromatic rings. The largest absolute Gasteiger partial charge is 0.375 e. The highest BCUT2D eigenvalue weighted by Gasteiger charge is 2.44. The number of carbonyl (C=O) groups excluding carboxylic acids is 1. The van der Waals surface area contributed by atoms with Crippen molar-refractivity contribution < 1.29 is 9.53 Å². The number of aromatic nitrogens is 4. The van der Waals surface area contributed by atoms with Crippen LogP contribution >= 0.6 is 0 Å². The van der Waals surface area contributed by atoms with Crippen molar-refractivity contribution in [2.24, 2.45) is 0 Å². The summed E-state index contributed by atoms with van der Waals surface area (Å²) < 4.78 is 6.83. The quantitative estimate of drug-likeness (QED) is 0.832. The first-order chi connectivity index (χ1) is 12.1. The van der Waals surface area contributed by atoms with Gasteiger partial charge in [-0.1, -0.05) is 31.4 Å². The summed E-state index contributed by atoms with van der Waals surface area (Å²) in [5.74, 6) is 0.674. The number of hydrogen-bond acceptors (Lipinski definition) is 5. The zero-order valence-electron chi connectivity index (χ0n) is 15.1. The van der Waals surface area contributed by atoms with Crippen LogP contribution in [0.1, 0.15) is 43.5 Å². The van der Waals surface area contributed by atoms with Gasteiger partial charge in [0, 0.05) is 14.2 Å². The van der Waals surface area contributed by atoms with Crippen LogP contribution in [-0.2, 0) is 15.1 Å². The Bertz CT molecular complexity index is 737. The molecule has 0 aliphatic heterocycles. The second-order valence-corrected chi connectivity index (χ2v) is 6.73. The molecule has 0 radical (unpaired) electrons. The van der Waals surface area contributed by atoms with Crippen molar-refractivity contribution >= 4 is 5.91 Å². The normalized spacial score (nSPS) is 16.6. The van der Waals surface area contributed by atoms with Crippen LogP contribution in [0.5, 0.6) is 0 Å². The zero-order chi connectivity index (χ0) is 17.9. The predicted molar refractivity (Wildman–Crippen MR) is 93.3 cm³/mol. The van der Waals surface area contributed by atoms with E-state index in [1.54, 1.807) is 9.58 Å². The summed E-state index contributed by atoms with van der Waals surface area (Å²) in [6, 6.07) is 8.06. The molecule has 1 fully saturated rings. The number of likely N-dealkylation sites (N-methyl/N-ethyl adjacent to an activating group) is 1. The van der Waals surface area contributed by atoms with Crippen molar-refractivity contribution in [1.29, 1.82) is 0 Å². The number of nitrogens with zero attached hydrogens (tertiary/aromatic N) is 5. The Balaban J connectivity index is 2.06. The number of hydrogen-bond donors (Lipinski definition) is 0. The van der Waals surface area contributed by atoms with E-state index in [0.29, 0.717) is 0 Å². The maximum atomic E-state index is 12.6. The minimum atomic E-state index is -0.499. The van der Waals surface area contributed by atoms with E-state index in [1.807, 2.05) is 38.2 Å². The lowest BCUT2D eigenvalue weighted by molar-refractivity contribution is -0.142. The third-order valence-electron chi connectivity index (χ3n) is 5.10. The van der Waals surface area contributed by atoms with Crippen LogP contribution in [0.15, 0.2) is 24.3 Å². The van der Waals surface area contributed by atoms with E-state index >= 15 is 0 Å². The minimum Gasteiger partial charge on any atom is -0.375 e. The number of carbonyl (C=O) groups is 1. The number of amides is 1. The average Bonchev–Trinajstić information content (AvgIpc) is 3.12. The average molecular weight is 343 g/mol. The van der Waals surface area contributed by atoms with Gasteiger partial charge in [0.25, 0.3) is 0 Å². The smallest absolute Gasteiger partial charge is 0.249 e. The molecule has 0 N–H and O–H groups in total. The summed E-state index contributed by atoms with van der Waals surface area (Å²) in [5.41, 5.74) is 1.55. The Labute approximate surface area is 148 Å². The van der Waals surface area contributed by atoms with Crippen molar-refractivity contribution in [3.05, 3.63) is 35.7 Å². The van der Waals surface area contributed by atoms with Crippen molar-refractivity contribution in [2.75, 3.05) is 20.8 Å². The predicted octanol–water partition coefficient (Wildman–Crippen LogP) is 2.23. The topological polar surface area (TPSA) is 73.1 Å². The van der Waals surface area contributed by atoms with E-state index in [4.69, 9.17) is 4.74 Å². The molecule has 0 bridgehead atoms. The number of benzene rings is 1. The SMILES string of the molecule is COCC(=O)N(C)C1(c2nnnn2-c2cccc(C)c2)CCCCC1. The second kappa shape index (κ2) is 7.31. The molecule has 0 saturated heterocycles. The molecule has 134 valence electrons. The Morgan fingerprint density at radius 1 is 1.32 bits per heavy atom. The van der Waals surface area contributed by atoms with Gasteiger partial charge in [0.1, 0.15) is 12.1 Å². The fourth-order valence-corrected chi connectivity index (χ4v) is 3.72. The lowest BCUT2D eigenvalue weighted by Crippen LogP contribution is -2.51. The van der Waals surface area contributed by atoms with E-state index in [1.165, 1.54) is 13.5 Å². The molecular formula is C18H25N5O2. The van der Waals surface area contributed by atoms with Crippen molar-refractivity contribution in [3.63, 3.8) is 0 Å². The molecule has 25 heavy (non-hydrogen) atoms. The number of methoxy groups -OCH3 is 1. The van der Waals surface area contributed by atoms with Crippen molar-refractivity contribution in [1.82, 2.24) is 25.1 Å². The molecule has 1 amide bonds. The maximum Gasteiger partial charge on any atom is 0.249 e. The number of tetrazole rings is 1. The van der Waals surface area contributed by atoms with Crippen LogP contribution in [0.4, 0.5) is 0 Å². The fraction of sp³-hybridized carbons (Fsp3) is 0.556. The number of rotatable bonds is 5. The Morgan fingerprint density at radius 2 is 2.08 bits per heavy atom. The Hall–Kier alpha value is -2.28. The van der Waals surface area contributed by atoms with Gasteiger partial charge in [-0.15, -0.1) is 5.10 Å². The third-order valence-corrected chi connectivity index (χ3v) is 5.10. The Morgan fingerprint density at radius 3 is 2.76 bits per heavy atom. The molecule has 1 saturated carbocycles. The number of ether oxygens (including phenoxy) is 1. The first-order valence-electron chi connectivity index (χ1n) is 8.70. The molecule has 0 unspecified atom stereocenters. The standard InChI is InChI=1S/C18H25N5O2/c1-14-8-7-9-15(12-14)23-17(19-20-21-23)18(10-5-4-6-11-18)22(2)16(24)13-25-3/h7-9,12H,4-6,10-11,13H2,1-3H3. The molecule has 1 aromatic heterocycles. The van der Waals surface area contributed by atoms with E-state index < -0.39 is 5.54 Å². The van der Waals surface area contributed by atoms with Gasteiger partial charge in [0.2, 0.25) is 5.91 Å². The first kappa shape index (κ1) is 17.5. The van der Waals surface area contributed by atoms with E-state index in [9.17, 15) is 4.79 Å². The molecule has 1 aliphatic rings. The fourth-order valence-electron chi connectivity index (χ4n) is 3.72. The maximum absolute atomic E-state index is 12.6. The summed E-state index contributed by atoms with van der Waals surface area (Å²) in [5, 5.41) is 12.5. The summed E-state index contributed by atoms with van der Waals surface area (Å²) in [6.45, 7) is 2.10. The van der Waals surface area contributed by atoms with Crippen LogP contribution in [0.3, 0.4) is 0 Å². The van der Waals surface area contributed by atoms with Gasteiger partial charge in [0.05, 0.1) is 5.69 Å². The molecular weight excluding hydrogens is 318 g/mol. The van der Waals surface area contributed by atoms with Crippen LogP contribution in [0.2, 0.25) is 0 Å². The highest BCUT2D eigenvalue weighted by molar-refractivity contribution is 5.78. The summed E-state index contributed by atoms with van der Waals surface area (Å²) in [4.78, 5) is 14.4. The van der Waals surface area contributed by atoms with Gasteiger partial charge >= 0.3 is 0 Å². The molecule has 7 heteroatoms. The van der Waals surface area contributed by atoms with Gasteiger partial charge in [-0.3, -0.25) is 4.79 Å². The molecule has 7 nitrogen and oxygen atoms in total. The van der Waals surface area contributed by atoms with Crippen LogP contribution in [0, 0.1) is 6.92 Å². The highest BCUT2D eigenvalue weighted by Crippen LogP contribution is 2.41. The molecule has 3 rings (SSSR count). The van der Waals surface area contributed by atoms with Gasteiger partial charge in [0.15, 0.2) is 5.82 Å². The molecule has 0 spiro atoms. The van der Waals surface area contributed by atoms with Crippen molar-refractivity contribution in [2.45, 2.75) is 44.6 Å². The molecule has 1 aromatic carbocycles. The summed E-state index contributed by atoms with van der Waals surface area (Å²) >= 11 is 0. The molecule has 1 aliphatic carbocycles. The molecule has 1 heterocycles. The second-order valence-electron chi connectivity index (χ2n) is 6.73. The zero-order valence-corrected chi connectivity index (χ0v) is 15.1. The third kappa shape index (κ3) is 3.28. The van der Waals surface area contributed by atoms with Gasteiger partial charge < -0.3 is 9.64 Å². The Kier molecular flexibility index (Phi) is 5.13. The summed E-state index contributed by atoms with van der Waals surface area (Å²) in [7, 11) is 3.37.